The molecule has 5 nitrogen and oxygen atoms in total. The Hall–Kier alpha value is -1.91. The number of anilines is 1. The summed E-state index contributed by atoms with van der Waals surface area (Å²) >= 11 is 0. The summed E-state index contributed by atoms with van der Waals surface area (Å²) in [6, 6.07) is 0. The van der Waals surface area contributed by atoms with E-state index in [4.69, 9.17) is 5.73 Å². The highest BCUT2D eigenvalue weighted by atomic mass is 16.2. The molecular weight excluding hydrogens is 252 g/mol. The quantitative estimate of drug-likeness (QED) is 0.777. The van der Waals surface area contributed by atoms with Gasteiger partial charge < -0.3 is 10.6 Å². The normalized spacial score (nSPS) is 30.6. The molecule has 0 saturated heterocycles. The molecule has 104 valence electrons. The summed E-state index contributed by atoms with van der Waals surface area (Å²) in [6.07, 6.45) is 9.31. The van der Waals surface area contributed by atoms with Crippen molar-refractivity contribution in [1.82, 2.24) is 14.9 Å². The Morgan fingerprint density at radius 1 is 1.35 bits per heavy atom. The van der Waals surface area contributed by atoms with Gasteiger partial charge in [0.1, 0.15) is 0 Å². The van der Waals surface area contributed by atoms with Gasteiger partial charge in [0, 0.05) is 18.7 Å². The van der Waals surface area contributed by atoms with Gasteiger partial charge in [-0.15, -0.1) is 0 Å². The molecular formula is C15H18N4O. The first-order chi connectivity index (χ1) is 9.70. The Bertz CT molecular complexity index is 598. The number of nitrogen functional groups attached to an aromatic ring is 1. The third-order valence-corrected chi connectivity index (χ3v) is 4.87. The molecule has 1 aliphatic heterocycles. The molecule has 3 atom stereocenters. The number of amides is 1. The van der Waals surface area contributed by atoms with Crippen molar-refractivity contribution in [3.8, 4) is 0 Å². The lowest BCUT2D eigenvalue weighted by Gasteiger charge is -2.31. The monoisotopic (exact) mass is 270 g/mol. The number of allylic oxidation sites excluding steroid dienone is 2. The number of hydrogen-bond acceptors (Lipinski definition) is 4. The van der Waals surface area contributed by atoms with Gasteiger partial charge in [-0.05, 0) is 36.7 Å². The van der Waals surface area contributed by atoms with E-state index in [0.717, 1.165) is 37.1 Å². The van der Waals surface area contributed by atoms with Crippen LogP contribution in [0.15, 0.2) is 18.3 Å². The predicted molar refractivity (Wildman–Crippen MR) is 74.4 cm³/mol. The maximum atomic E-state index is 12.7. The van der Waals surface area contributed by atoms with Crippen molar-refractivity contribution in [2.45, 2.75) is 25.8 Å². The first-order valence-corrected chi connectivity index (χ1v) is 7.28. The number of nitrogens with zero attached hydrogens (tertiary/aromatic N) is 3. The number of hydrogen-bond donors (Lipinski definition) is 1. The van der Waals surface area contributed by atoms with E-state index < -0.39 is 0 Å². The van der Waals surface area contributed by atoms with Crippen LogP contribution in [0.5, 0.6) is 0 Å². The summed E-state index contributed by atoms with van der Waals surface area (Å²) in [6.45, 7) is 1.36. The average molecular weight is 270 g/mol. The van der Waals surface area contributed by atoms with E-state index in [9.17, 15) is 4.79 Å². The van der Waals surface area contributed by atoms with Gasteiger partial charge >= 0.3 is 0 Å². The van der Waals surface area contributed by atoms with Gasteiger partial charge in [0.05, 0.1) is 12.2 Å². The van der Waals surface area contributed by atoms with Crippen molar-refractivity contribution < 1.29 is 4.79 Å². The van der Waals surface area contributed by atoms with Crippen LogP contribution in [0.3, 0.4) is 0 Å². The lowest BCUT2D eigenvalue weighted by atomic mass is 9.91. The molecule has 4 rings (SSSR count). The summed E-state index contributed by atoms with van der Waals surface area (Å²) in [4.78, 5) is 23.0. The second kappa shape index (κ2) is 4.30. The molecule has 2 N–H and O–H groups in total. The summed E-state index contributed by atoms with van der Waals surface area (Å²) in [5.74, 6) is 1.87. The number of carbonyl (C=O) groups excluding carboxylic acids is 1. The highest BCUT2D eigenvalue weighted by molar-refractivity contribution is 5.80. The zero-order valence-corrected chi connectivity index (χ0v) is 11.3. The topological polar surface area (TPSA) is 72.1 Å². The molecule has 0 aromatic carbocycles. The van der Waals surface area contributed by atoms with Crippen LogP contribution in [0.25, 0.3) is 0 Å². The standard InChI is InChI=1S/C15H18N4O/c16-15-17-7-11-3-4-19(8-13(11)18-15)14(20)12-6-9-1-2-10(12)5-9/h1-2,7,9-10,12H,3-6,8H2,(H2,16,17,18). The minimum Gasteiger partial charge on any atom is -0.368 e. The largest absolute Gasteiger partial charge is 0.368 e. The van der Waals surface area contributed by atoms with E-state index in [0.29, 0.717) is 30.2 Å². The third kappa shape index (κ3) is 1.80. The summed E-state index contributed by atoms with van der Waals surface area (Å²) in [5, 5.41) is 0. The Morgan fingerprint density at radius 2 is 2.25 bits per heavy atom. The fourth-order valence-electron chi connectivity index (χ4n) is 3.81. The predicted octanol–water partition coefficient (Wildman–Crippen LogP) is 1.16. The van der Waals surface area contributed by atoms with Crippen LogP contribution in [-0.2, 0) is 17.8 Å². The van der Waals surface area contributed by atoms with Crippen molar-refractivity contribution in [1.29, 1.82) is 0 Å². The number of fused-ring (bicyclic) bond motifs is 3. The van der Waals surface area contributed by atoms with Gasteiger partial charge in [0.25, 0.3) is 0 Å². The second-order valence-corrected chi connectivity index (χ2v) is 6.10. The number of rotatable bonds is 1. The van der Waals surface area contributed by atoms with Crippen molar-refractivity contribution in [3.05, 3.63) is 29.6 Å². The molecule has 1 aromatic rings. The summed E-state index contributed by atoms with van der Waals surface area (Å²) in [5.41, 5.74) is 7.67. The van der Waals surface area contributed by atoms with Crippen LogP contribution >= 0.6 is 0 Å². The van der Waals surface area contributed by atoms with E-state index in [1.165, 1.54) is 0 Å². The van der Waals surface area contributed by atoms with Gasteiger partial charge in [0.15, 0.2) is 0 Å². The highest BCUT2D eigenvalue weighted by Crippen LogP contribution is 2.44. The molecule has 2 heterocycles. The average Bonchev–Trinajstić information content (AvgIpc) is 3.08. The molecule has 3 aliphatic rings. The van der Waals surface area contributed by atoms with E-state index in [2.05, 4.69) is 22.1 Å². The molecule has 20 heavy (non-hydrogen) atoms. The molecule has 1 fully saturated rings. The van der Waals surface area contributed by atoms with Crippen LogP contribution in [0.4, 0.5) is 5.95 Å². The van der Waals surface area contributed by atoms with Crippen LogP contribution in [0.1, 0.15) is 24.1 Å². The zero-order valence-electron chi connectivity index (χ0n) is 11.3. The summed E-state index contributed by atoms with van der Waals surface area (Å²) in [7, 11) is 0. The number of carbonyl (C=O) groups is 1. The van der Waals surface area contributed by atoms with Crippen LogP contribution in [0, 0.1) is 17.8 Å². The molecule has 0 radical (unpaired) electrons. The van der Waals surface area contributed by atoms with Gasteiger partial charge in [-0.25, -0.2) is 9.97 Å². The first kappa shape index (κ1) is 11.9. The molecule has 5 heteroatoms. The van der Waals surface area contributed by atoms with Crippen molar-refractivity contribution in [2.24, 2.45) is 17.8 Å². The van der Waals surface area contributed by atoms with Crippen LogP contribution < -0.4 is 5.73 Å². The Labute approximate surface area is 117 Å². The van der Waals surface area contributed by atoms with Gasteiger partial charge in [-0.3, -0.25) is 4.79 Å². The Kier molecular flexibility index (Phi) is 2.55. The molecule has 2 bridgehead atoms. The molecule has 1 amide bonds. The molecule has 1 aromatic heterocycles. The minimum atomic E-state index is 0.186. The van der Waals surface area contributed by atoms with Gasteiger partial charge in [0.2, 0.25) is 11.9 Å². The lowest BCUT2D eigenvalue weighted by molar-refractivity contribution is -0.137. The maximum absolute atomic E-state index is 12.7. The minimum absolute atomic E-state index is 0.186. The third-order valence-electron chi connectivity index (χ3n) is 4.87. The van der Waals surface area contributed by atoms with Gasteiger partial charge in [-0.1, -0.05) is 12.2 Å². The fourth-order valence-corrected chi connectivity index (χ4v) is 3.81. The molecule has 0 spiro atoms. The zero-order chi connectivity index (χ0) is 13.7. The van der Waals surface area contributed by atoms with E-state index >= 15 is 0 Å². The van der Waals surface area contributed by atoms with E-state index in [1.807, 2.05) is 4.90 Å². The second-order valence-electron chi connectivity index (χ2n) is 6.10. The Morgan fingerprint density at radius 3 is 3.00 bits per heavy atom. The van der Waals surface area contributed by atoms with Crippen molar-refractivity contribution in [3.63, 3.8) is 0 Å². The summed E-state index contributed by atoms with van der Waals surface area (Å²) < 4.78 is 0. The van der Waals surface area contributed by atoms with E-state index in [-0.39, 0.29) is 5.92 Å². The highest BCUT2D eigenvalue weighted by Gasteiger charge is 2.41. The first-order valence-electron chi connectivity index (χ1n) is 7.28. The van der Waals surface area contributed by atoms with Crippen LogP contribution in [-0.4, -0.2) is 27.3 Å². The molecule has 3 unspecified atom stereocenters. The molecule has 1 saturated carbocycles. The Balaban J connectivity index is 1.53. The van der Waals surface area contributed by atoms with Crippen molar-refractivity contribution in [2.75, 3.05) is 12.3 Å². The van der Waals surface area contributed by atoms with Gasteiger partial charge in [-0.2, -0.15) is 0 Å². The fraction of sp³-hybridized carbons (Fsp3) is 0.533. The number of aromatic nitrogens is 2. The molecule has 2 aliphatic carbocycles. The van der Waals surface area contributed by atoms with E-state index in [1.54, 1.807) is 6.20 Å². The SMILES string of the molecule is Nc1ncc2c(n1)CN(C(=O)C1CC3C=CC1C3)CC2. The maximum Gasteiger partial charge on any atom is 0.226 e. The van der Waals surface area contributed by atoms with Crippen LogP contribution in [0.2, 0.25) is 0 Å². The lowest BCUT2D eigenvalue weighted by Crippen LogP contribution is -2.41. The smallest absolute Gasteiger partial charge is 0.226 e. The van der Waals surface area contributed by atoms with Crippen molar-refractivity contribution >= 4 is 11.9 Å². The number of nitrogens with two attached hydrogens (primary N) is 1.